The zero-order valence-corrected chi connectivity index (χ0v) is 13.3. The average molecular weight is 322 g/mol. The topological polar surface area (TPSA) is 79.8 Å². The van der Waals surface area contributed by atoms with E-state index in [1.165, 1.54) is 0 Å². The summed E-state index contributed by atoms with van der Waals surface area (Å²) in [6.07, 6.45) is 5.19. The van der Waals surface area contributed by atoms with Crippen molar-refractivity contribution in [2.75, 3.05) is 0 Å². The Morgan fingerprint density at radius 2 is 2.04 bits per heavy atom. The Hall–Kier alpha value is -3.15. The molecule has 2 N–H and O–H groups in total. The lowest BCUT2D eigenvalue weighted by Crippen LogP contribution is -2.38. The van der Waals surface area contributed by atoms with Crippen molar-refractivity contribution in [3.05, 3.63) is 77.1 Å². The molecule has 122 valence electrons. The molecule has 0 radical (unpaired) electrons. The fourth-order valence-electron chi connectivity index (χ4n) is 2.50. The Bertz CT molecular complexity index is 870. The number of imidazole rings is 1. The van der Waals surface area contributed by atoms with Gasteiger partial charge in [0.2, 0.25) is 0 Å². The predicted molar refractivity (Wildman–Crippen MR) is 91.7 cm³/mol. The zero-order chi connectivity index (χ0) is 16.9. The van der Waals surface area contributed by atoms with Crippen molar-refractivity contribution >= 4 is 5.91 Å². The minimum Gasteiger partial charge on any atom is -0.348 e. The number of nitrogens with zero attached hydrogens (tertiary/aromatic N) is 2. The molecule has 3 rings (SSSR count). The molecule has 0 spiro atoms. The summed E-state index contributed by atoms with van der Waals surface area (Å²) < 4.78 is 1.87. The summed E-state index contributed by atoms with van der Waals surface area (Å²) in [5, 5.41) is 2.83. The van der Waals surface area contributed by atoms with Gasteiger partial charge in [-0.15, -0.1) is 0 Å². The van der Waals surface area contributed by atoms with Crippen molar-refractivity contribution in [3.63, 3.8) is 0 Å². The first-order chi connectivity index (χ1) is 11.6. The van der Waals surface area contributed by atoms with E-state index in [-0.39, 0.29) is 17.5 Å². The number of pyridine rings is 1. The molecule has 2 heterocycles. The molecule has 0 bridgehead atoms. The number of benzene rings is 1. The van der Waals surface area contributed by atoms with Crippen molar-refractivity contribution in [1.82, 2.24) is 19.9 Å². The van der Waals surface area contributed by atoms with Gasteiger partial charge in [-0.3, -0.25) is 9.59 Å². The maximum Gasteiger partial charge on any atom is 0.261 e. The van der Waals surface area contributed by atoms with Gasteiger partial charge in [0.15, 0.2) is 0 Å². The first-order valence-electron chi connectivity index (χ1n) is 7.69. The van der Waals surface area contributed by atoms with Crippen LogP contribution in [0, 0.1) is 0 Å². The molecule has 0 saturated heterocycles. The van der Waals surface area contributed by atoms with Gasteiger partial charge in [0.05, 0.1) is 6.33 Å². The number of rotatable bonds is 5. The van der Waals surface area contributed by atoms with Crippen LogP contribution < -0.4 is 10.9 Å². The van der Waals surface area contributed by atoms with Crippen LogP contribution in [0.15, 0.2) is 66.0 Å². The van der Waals surface area contributed by atoms with Gasteiger partial charge >= 0.3 is 0 Å². The standard InChI is InChI=1S/C18H18N4O2/c1-13(11-22-10-9-19-12-22)20-17(23)15-7-8-16(21-18(15)24)14-5-3-2-4-6-14/h2-10,12-13H,11H2,1H3,(H,20,23)(H,21,24)/t13-/m0/s1. The molecular formula is C18H18N4O2. The number of carbonyl (C=O) groups is 1. The van der Waals surface area contributed by atoms with E-state index in [0.29, 0.717) is 12.2 Å². The van der Waals surface area contributed by atoms with Crippen LogP contribution in [0.3, 0.4) is 0 Å². The number of amides is 1. The van der Waals surface area contributed by atoms with E-state index in [9.17, 15) is 9.59 Å². The number of carbonyl (C=O) groups excluding carboxylic acids is 1. The lowest BCUT2D eigenvalue weighted by Gasteiger charge is -2.14. The van der Waals surface area contributed by atoms with Gasteiger partial charge in [0, 0.05) is 30.7 Å². The van der Waals surface area contributed by atoms with E-state index in [4.69, 9.17) is 0 Å². The summed E-state index contributed by atoms with van der Waals surface area (Å²) in [5.41, 5.74) is 1.29. The molecule has 0 aliphatic carbocycles. The summed E-state index contributed by atoms with van der Waals surface area (Å²) in [6, 6.07) is 12.7. The molecule has 2 aromatic heterocycles. The van der Waals surface area contributed by atoms with Crippen LogP contribution in [-0.4, -0.2) is 26.5 Å². The molecule has 24 heavy (non-hydrogen) atoms. The second kappa shape index (κ2) is 6.95. The van der Waals surface area contributed by atoms with E-state index in [2.05, 4.69) is 15.3 Å². The maximum absolute atomic E-state index is 12.3. The summed E-state index contributed by atoms with van der Waals surface area (Å²) in [5.74, 6) is -0.386. The van der Waals surface area contributed by atoms with Crippen molar-refractivity contribution in [2.24, 2.45) is 0 Å². The highest BCUT2D eigenvalue weighted by Crippen LogP contribution is 2.14. The molecule has 0 saturated carbocycles. The number of hydrogen-bond donors (Lipinski definition) is 2. The SMILES string of the molecule is C[C@@H](Cn1ccnc1)NC(=O)c1ccc(-c2ccccc2)[nH]c1=O. The number of nitrogens with one attached hydrogen (secondary N) is 2. The Balaban J connectivity index is 1.72. The van der Waals surface area contributed by atoms with Crippen molar-refractivity contribution in [2.45, 2.75) is 19.5 Å². The van der Waals surface area contributed by atoms with Crippen LogP contribution in [0.1, 0.15) is 17.3 Å². The number of aromatic amines is 1. The Kier molecular flexibility index (Phi) is 4.56. The van der Waals surface area contributed by atoms with Crippen molar-refractivity contribution in [3.8, 4) is 11.3 Å². The fraction of sp³-hybridized carbons (Fsp3) is 0.167. The minimum atomic E-state index is -0.399. The van der Waals surface area contributed by atoms with Gasteiger partial charge in [-0.05, 0) is 24.6 Å². The van der Waals surface area contributed by atoms with Crippen molar-refractivity contribution in [1.29, 1.82) is 0 Å². The lowest BCUT2D eigenvalue weighted by molar-refractivity contribution is 0.0935. The monoisotopic (exact) mass is 322 g/mol. The van der Waals surface area contributed by atoms with Crippen LogP contribution in [0.4, 0.5) is 0 Å². The smallest absolute Gasteiger partial charge is 0.261 e. The molecule has 1 amide bonds. The van der Waals surface area contributed by atoms with Gasteiger partial charge in [-0.25, -0.2) is 4.98 Å². The third kappa shape index (κ3) is 3.60. The van der Waals surface area contributed by atoms with E-state index >= 15 is 0 Å². The van der Waals surface area contributed by atoms with Crippen LogP contribution in [0.2, 0.25) is 0 Å². The Labute approximate surface area is 139 Å². The highest BCUT2D eigenvalue weighted by atomic mass is 16.2. The minimum absolute atomic E-state index is 0.104. The highest BCUT2D eigenvalue weighted by Gasteiger charge is 2.14. The molecular weight excluding hydrogens is 304 g/mol. The van der Waals surface area contributed by atoms with Crippen LogP contribution in [0.25, 0.3) is 11.3 Å². The maximum atomic E-state index is 12.3. The summed E-state index contributed by atoms with van der Waals surface area (Å²) >= 11 is 0. The molecule has 6 heteroatoms. The number of H-pyrrole nitrogens is 1. The molecule has 1 aromatic carbocycles. The molecule has 0 fully saturated rings. The van der Waals surface area contributed by atoms with Crippen LogP contribution >= 0.6 is 0 Å². The largest absolute Gasteiger partial charge is 0.348 e. The normalized spacial score (nSPS) is 11.9. The van der Waals surface area contributed by atoms with Gasteiger partial charge < -0.3 is 14.9 Å². The Morgan fingerprint density at radius 3 is 2.71 bits per heavy atom. The van der Waals surface area contributed by atoms with Gasteiger partial charge in [-0.2, -0.15) is 0 Å². The highest BCUT2D eigenvalue weighted by molar-refractivity contribution is 5.94. The Morgan fingerprint density at radius 1 is 1.25 bits per heavy atom. The van der Waals surface area contributed by atoms with Crippen molar-refractivity contribution < 1.29 is 4.79 Å². The van der Waals surface area contributed by atoms with Gasteiger partial charge in [0.1, 0.15) is 5.56 Å². The van der Waals surface area contributed by atoms with E-state index in [0.717, 1.165) is 5.56 Å². The molecule has 0 aliphatic rings. The second-order valence-electron chi connectivity index (χ2n) is 5.61. The summed E-state index contributed by atoms with van der Waals surface area (Å²) in [4.78, 5) is 31.2. The van der Waals surface area contributed by atoms with E-state index < -0.39 is 5.56 Å². The molecule has 6 nitrogen and oxygen atoms in total. The van der Waals surface area contributed by atoms with Gasteiger partial charge in [-0.1, -0.05) is 30.3 Å². The average Bonchev–Trinajstić information content (AvgIpc) is 3.08. The molecule has 0 unspecified atom stereocenters. The van der Waals surface area contributed by atoms with Crippen LogP contribution in [-0.2, 0) is 6.54 Å². The third-order valence-corrected chi connectivity index (χ3v) is 3.66. The molecule has 3 aromatic rings. The number of aromatic nitrogens is 3. The number of hydrogen-bond acceptors (Lipinski definition) is 3. The lowest BCUT2D eigenvalue weighted by atomic mass is 10.1. The van der Waals surface area contributed by atoms with E-state index in [1.807, 2.05) is 48.0 Å². The fourth-order valence-corrected chi connectivity index (χ4v) is 2.50. The third-order valence-electron chi connectivity index (χ3n) is 3.66. The zero-order valence-electron chi connectivity index (χ0n) is 13.3. The first-order valence-corrected chi connectivity index (χ1v) is 7.69. The summed E-state index contributed by atoms with van der Waals surface area (Å²) in [7, 11) is 0. The first kappa shape index (κ1) is 15.7. The molecule has 1 atom stereocenters. The predicted octanol–water partition coefficient (Wildman–Crippen LogP) is 2.06. The molecule has 0 aliphatic heterocycles. The summed E-state index contributed by atoms with van der Waals surface area (Å²) in [6.45, 7) is 2.47. The van der Waals surface area contributed by atoms with E-state index in [1.54, 1.807) is 24.7 Å². The quantitative estimate of drug-likeness (QED) is 0.754. The van der Waals surface area contributed by atoms with Gasteiger partial charge in [0.25, 0.3) is 11.5 Å². The second-order valence-corrected chi connectivity index (χ2v) is 5.61. The van der Waals surface area contributed by atoms with Crippen LogP contribution in [0.5, 0.6) is 0 Å².